The van der Waals surface area contributed by atoms with E-state index in [0.29, 0.717) is 22.1 Å². The van der Waals surface area contributed by atoms with Gasteiger partial charge in [-0.1, -0.05) is 35.3 Å². The molecule has 0 spiro atoms. The maximum absolute atomic E-state index is 9.08. The van der Waals surface area contributed by atoms with Gasteiger partial charge in [0, 0.05) is 11.6 Å². The Morgan fingerprint density at radius 2 is 2.00 bits per heavy atom. The van der Waals surface area contributed by atoms with E-state index >= 15 is 0 Å². The minimum absolute atomic E-state index is 0.148. The molecule has 0 amide bonds. The number of benzene rings is 1. The van der Waals surface area contributed by atoms with E-state index < -0.39 is 0 Å². The van der Waals surface area contributed by atoms with Gasteiger partial charge in [-0.3, -0.25) is 0 Å². The summed E-state index contributed by atoms with van der Waals surface area (Å²) in [6.07, 6.45) is 0. The number of nitrogens with one attached hydrogen (secondary N) is 1. The molecule has 0 saturated heterocycles. The third kappa shape index (κ3) is 3.86. The summed E-state index contributed by atoms with van der Waals surface area (Å²) < 4.78 is 3.99. The summed E-state index contributed by atoms with van der Waals surface area (Å²) in [5.74, 6) is 0. The zero-order chi connectivity index (χ0) is 15.4. The van der Waals surface area contributed by atoms with Gasteiger partial charge in [0.1, 0.15) is 16.6 Å². The molecular formula is C14H14Cl2N4S. The van der Waals surface area contributed by atoms with Gasteiger partial charge < -0.3 is 10.2 Å². The quantitative estimate of drug-likeness (QED) is 0.892. The fourth-order valence-corrected chi connectivity index (χ4v) is 3.03. The summed E-state index contributed by atoms with van der Waals surface area (Å²) in [4.78, 5) is 2.10. The van der Waals surface area contributed by atoms with Crippen molar-refractivity contribution in [2.24, 2.45) is 0 Å². The molecule has 1 atom stereocenters. The second-order valence-corrected chi connectivity index (χ2v) is 6.27. The van der Waals surface area contributed by atoms with Crippen LogP contribution in [0.3, 0.4) is 0 Å². The Kier molecular flexibility index (Phi) is 5.43. The van der Waals surface area contributed by atoms with Crippen LogP contribution in [0.25, 0.3) is 0 Å². The highest BCUT2D eigenvalue weighted by atomic mass is 35.5. The lowest BCUT2D eigenvalue weighted by atomic mass is 10.1. The smallest absolute Gasteiger partial charge is 0.162 e. The Hall–Kier alpha value is -1.32. The fourth-order valence-electron chi connectivity index (χ4n) is 1.96. The first-order valence-electron chi connectivity index (χ1n) is 6.24. The summed E-state index contributed by atoms with van der Waals surface area (Å²) in [6.45, 7) is 0.641. The molecular weight excluding hydrogens is 327 g/mol. The van der Waals surface area contributed by atoms with Gasteiger partial charge >= 0.3 is 0 Å². The molecule has 2 aromatic rings. The molecule has 0 fully saturated rings. The number of aromatic nitrogens is 1. The minimum Gasteiger partial charge on any atom is -0.373 e. The second-order valence-electron chi connectivity index (χ2n) is 4.70. The largest absolute Gasteiger partial charge is 0.373 e. The number of hydrogen-bond acceptors (Lipinski definition) is 5. The van der Waals surface area contributed by atoms with Gasteiger partial charge in [0.05, 0.1) is 6.04 Å². The minimum atomic E-state index is 0.148. The lowest BCUT2D eigenvalue weighted by Crippen LogP contribution is -2.26. The van der Waals surface area contributed by atoms with Gasteiger partial charge in [-0.25, -0.2) is 0 Å². The Morgan fingerprint density at radius 1 is 1.33 bits per heavy atom. The van der Waals surface area contributed by atoms with E-state index in [4.69, 9.17) is 28.5 Å². The van der Waals surface area contributed by atoms with E-state index in [1.807, 2.05) is 38.4 Å². The van der Waals surface area contributed by atoms with Crippen molar-refractivity contribution >= 4 is 39.7 Å². The predicted molar refractivity (Wildman–Crippen MR) is 88.2 cm³/mol. The lowest BCUT2D eigenvalue weighted by molar-refractivity contribution is 0.312. The van der Waals surface area contributed by atoms with Crippen LogP contribution >= 0.6 is 34.7 Å². The van der Waals surface area contributed by atoms with E-state index in [1.54, 1.807) is 0 Å². The topological polar surface area (TPSA) is 52.0 Å². The van der Waals surface area contributed by atoms with E-state index in [0.717, 1.165) is 5.56 Å². The Bertz CT molecular complexity index is 646. The maximum Gasteiger partial charge on any atom is 0.162 e. The summed E-state index contributed by atoms with van der Waals surface area (Å²) >= 11 is 13.0. The van der Waals surface area contributed by atoms with Crippen molar-refractivity contribution < 1.29 is 0 Å². The lowest BCUT2D eigenvalue weighted by Gasteiger charge is -2.25. The van der Waals surface area contributed by atoms with Gasteiger partial charge in [0.25, 0.3) is 0 Å². The molecule has 0 radical (unpaired) electrons. The molecule has 0 bridgehead atoms. The highest BCUT2D eigenvalue weighted by molar-refractivity contribution is 7.10. The number of nitriles is 1. The van der Waals surface area contributed by atoms with Crippen LogP contribution in [-0.4, -0.2) is 29.9 Å². The van der Waals surface area contributed by atoms with Crippen molar-refractivity contribution in [1.82, 2.24) is 9.27 Å². The first kappa shape index (κ1) is 16.1. The number of rotatable bonds is 5. The first-order chi connectivity index (χ1) is 10.0. The normalized spacial score (nSPS) is 12.2. The van der Waals surface area contributed by atoms with Crippen LogP contribution in [0.15, 0.2) is 24.3 Å². The van der Waals surface area contributed by atoms with E-state index in [9.17, 15) is 0 Å². The Balaban J connectivity index is 2.14. The highest BCUT2D eigenvalue weighted by Gasteiger charge is 2.17. The van der Waals surface area contributed by atoms with Crippen LogP contribution in [0.2, 0.25) is 10.2 Å². The van der Waals surface area contributed by atoms with Gasteiger partial charge in [0.2, 0.25) is 0 Å². The van der Waals surface area contributed by atoms with Crippen LogP contribution in [0, 0.1) is 11.3 Å². The van der Waals surface area contributed by atoms with Crippen LogP contribution in [0.1, 0.15) is 17.2 Å². The average molecular weight is 341 g/mol. The van der Waals surface area contributed by atoms with Crippen LogP contribution in [0.5, 0.6) is 0 Å². The third-order valence-electron chi connectivity index (χ3n) is 3.10. The van der Waals surface area contributed by atoms with Crippen LogP contribution < -0.4 is 5.32 Å². The van der Waals surface area contributed by atoms with Gasteiger partial charge in [-0.2, -0.15) is 9.64 Å². The summed E-state index contributed by atoms with van der Waals surface area (Å²) in [7, 11) is 4.01. The standard InChI is InChI=1S/C14H14Cl2N4S/c1-20(2)12(9-3-5-10(15)6-4-9)8-18-14-11(7-17)13(16)19-21-14/h3-6,12,18H,8H2,1-2H3. The molecule has 4 nitrogen and oxygen atoms in total. The van der Waals surface area contributed by atoms with Gasteiger partial charge in [-0.15, -0.1) is 0 Å². The number of halogens is 2. The molecule has 110 valence electrons. The zero-order valence-corrected chi connectivity index (χ0v) is 13.9. The predicted octanol–water partition coefficient (Wildman–Crippen LogP) is 4.04. The van der Waals surface area contributed by atoms with Crippen LogP contribution in [-0.2, 0) is 0 Å². The van der Waals surface area contributed by atoms with Gasteiger partial charge in [0.15, 0.2) is 5.15 Å². The maximum atomic E-state index is 9.08. The van der Waals surface area contributed by atoms with Crippen molar-refractivity contribution in [3.63, 3.8) is 0 Å². The Morgan fingerprint density at radius 3 is 2.57 bits per heavy atom. The molecule has 7 heteroatoms. The Labute approximate surface area is 138 Å². The van der Waals surface area contributed by atoms with Crippen LogP contribution in [0.4, 0.5) is 5.00 Å². The van der Waals surface area contributed by atoms with E-state index in [1.165, 1.54) is 11.5 Å². The number of anilines is 1. The summed E-state index contributed by atoms with van der Waals surface area (Å²) in [6, 6.07) is 9.96. The third-order valence-corrected chi connectivity index (χ3v) is 4.53. The van der Waals surface area contributed by atoms with Gasteiger partial charge in [-0.05, 0) is 43.3 Å². The number of nitrogens with zero attached hydrogens (tertiary/aromatic N) is 3. The van der Waals surface area contributed by atoms with Crippen molar-refractivity contribution in [3.05, 3.63) is 45.6 Å². The molecule has 0 aliphatic carbocycles. The van der Waals surface area contributed by atoms with Crippen molar-refractivity contribution in [3.8, 4) is 6.07 Å². The van der Waals surface area contributed by atoms with Crippen molar-refractivity contribution in [2.75, 3.05) is 26.0 Å². The molecule has 21 heavy (non-hydrogen) atoms. The molecule has 1 unspecified atom stereocenters. The zero-order valence-electron chi connectivity index (χ0n) is 11.6. The highest BCUT2D eigenvalue weighted by Crippen LogP contribution is 2.29. The molecule has 0 aliphatic rings. The number of hydrogen-bond donors (Lipinski definition) is 1. The first-order valence-corrected chi connectivity index (χ1v) is 7.77. The molecule has 1 heterocycles. The fraction of sp³-hybridized carbons (Fsp3) is 0.286. The molecule has 1 N–H and O–H groups in total. The van der Waals surface area contributed by atoms with E-state index in [2.05, 4.69) is 20.7 Å². The monoisotopic (exact) mass is 340 g/mol. The molecule has 1 aromatic carbocycles. The average Bonchev–Trinajstić information content (AvgIpc) is 2.81. The second kappa shape index (κ2) is 7.10. The van der Waals surface area contributed by atoms with Crippen molar-refractivity contribution in [1.29, 1.82) is 5.26 Å². The summed E-state index contributed by atoms with van der Waals surface area (Å²) in [5.41, 5.74) is 1.54. The molecule has 1 aromatic heterocycles. The summed E-state index contributed by atoms with van der Waals surface area (Å²) in [5, 5.41) is 14.0. The van der Waals surface area contributed by atoms with E-state index in [-0.39, 0.29) is 11.2 Å². The van der Waals surface area contributed by atoms with Crippen molar-refractivity contribution in [2.45, 2.75) is 6.04 Å². The SMILES string of the molecule is CN(C)C(CNc1snc(Cl)c1C#N)c1ccc(Cl)cc1. The molecule has 0 saturated carbocycles. The molecule has 2 rings (SSSR count). The number of likely N-dealkylation sites (N-methyl/N-ethyl adjacent to an activating group) is 1. The molecule has 0 aliphatic heterocycles.